The van der Waals surface area contributed by atoms with E-state index in [0.717, 1.165) is 11.0 Å². The molecule has 1 aliphatic carbocycles. The van der Waals surface area contributed by atoms with Gasteiger partial charge in [-0.15, -0.1) is 0 Å². The van der Waals surface area contributed by atoms with Crippen molar-refractivity contribution in [1.29, 1.82) is 0 Å². The molecule has 1 fully saturated rings. The van der Waals surface area contributed by atoms with Gasteiger partial charge in [0.15, 0.2) is 0 Å². The molecule has 1 aliphatic rings. The lowest BCUT2D eigenvalue weighted by atomic mass is 9.91. The number of halogens is 4. The van der Waals surface area contributed by atoms with Crippen LogP contribution in [0.5, 0.6) is 0 Å². The van der Waals surface area contributed by atoms with E-state index in [1.54, 1.807) is 24.3 Å². The third-order valence-electron chi connectivity index (χ3n) is 5.89. The van der Waals surface area contributed by atoms with Crippen LogP contribution in [0, 0.1) is 5.82 Å². The average molecular weight is 506 g/mol. The van der Waals surface area contributed by atoms with Crippen LogP contribution in [0.2, 0.25) is 5.02 Å². The summed E-state index contributed by atoms with van der Waals surface area (Å²) >= 11 is 6.43. The molecule has 2 amide bonds. The van der Waals surface area contributed by atoms with Gasteiger partial charge in [-0.05, 0) is 37.1 Å². The highest BCUT2D eigenvalue weighted by Gasteiger charge is 2.39. The third-order valence-corrected chi connectivity index (χ3v) is 6.23. The van der Waals surface area contributed by atoms with Crippen molar-refractivity contribution in [1.82, 2.24) is 20.1 Å². The van der Waals surface area contributed by atoms with Crippen LogP contribution in [0.4, 0.5) is 18.9 Å². The van der Waals surface area contributed by atoms with E-state index in [2.05, 4.69) is 15.4 Å². The van der Waals surface area contributed by atoms with Crippen molar-refractivity contribution >= 4 is 29.1 Å². The summed E-state index contributed by atoms with van der Waals surface area (Å²) in [5.41, 5.74) is 0.439. The Labute approximate surface area is 204 Å². The molecule has 0 bridgehead atoms. The topological polar surface area (TPSA) is 80.1 Å². The summed E-state index contributed by atoms with van der Waals surface area (Å²) in [6, 6.07) is 10.00. The molecule has 1 N–H and O–H groups in total. The number of carbonyl (C=O) groups is 2. The minimum atomic E-state index is -2.76. The molecule has 1 atom stereocenters. The average Bonchev–Trinajstić information content (AvgIpc) is 3.32. The predicted octanol–water partition coefficient (Wildman–Crippen LogP) is 4.54. The van der Waals surface area contributed by atoms with Gasteiger partial charge < -0.3 is 5.32 Å². The SMILES string of the molecule is O=C(NC1CCC(F)(F)CC1)C(c1ccccc1Cl)N(C(=O)Cn1cncn1)c1cccc(F)c1. The molecule has 1 heterocycles. The first kappa shape index (κ1) is 24.7. The largest absolute Gasteiger partial charge is 0.351 e. The van der Waals surface area contributed by atoms with Crippen LogP contribution in [0.15, 0.2) is 61.2 Å². The van der Waals surface area contributed by atoms with Gasteiger partial charge in [-0.3, -0.25) is 14.5 Å². The van der Waals surface area contributed by atoms with E-state index in [1.807, 2.05) is 0 Å². The Kier molecular flexibility index (Phi) is 7.39. The van der Waals surface area contributed by atoms with Gasteiger partial charge in [-0.25, -0.2) is 22.8 Å². The van der Waals surface area contributed by atoms with Crippen molar-refractivity contribution in [3.63, 3.8) is 0 Å². The first-order valence-electron chi connectivity index (χ1n) is 11.1. The van der Waals surface area contributed by atoms with Crippen molar-refractivity contribution in [2.45, 2.75) is 50.2 Å². The molecule has 7 nitrogen and oxygen atoms in total. The van der Waals surface area contributed by atoms with Gasteiger partial charge in [0.25, 0.3) is 0 Å². The fourth-order valence-electron chi connectivity index (χ4n) is 4.15. The maximum Gasteiger partial charge on any atom is 0.249 e. The molecule has 0 radical (unpaired) electrons. The van der Waals surface area contributed by atoms with Gasteiger partial charge in [-0.1, -0.05) is 35.9 Å². The summed E-state index contributed by atoms with van der Waals surface area (Å²) in [5, 5.41) is 6.97. The molecule has 184 valence electrons. The summed E-state index contributed by atoms with van der Waals surface area (Å²) in [6.45, 7) is -0.277. The fraction of sp³-hybridized carbons (Fsp3) is 0.333. The highest BCUT2D eigenvalue weighted by Crippen LogP contribution is 2.35. The Morgan fingerprint density at radius 3 is 2.57 bits per heavy atom. The zero-order valence-corrected chi connectivity index (χ0v) is 19.3. The van der Waals surface area contributed by atoms with Gasteiger partial charge in [-0.2, -0.15) is 5.10 Å². The molecule has 0 saturated heterocycles. The second-order valence-corrected chi connectivity index (χ2v) is 8.81. The van der Waals surface area contributed by atoms with E-state index < -0.39 is 35.6 Å². The number of amides is 2. The number of benzene rings is 2. The maximum atomic E-state index is 14.2. The monoisotopic (exact) mass is 505 g/mol. The first-order valence-corrected chi connectivity index (χ1v) is 11.4. The van der Waals surface area contributed by atoms with Crippen LogP contribution in [0.25, 0.3) is 0 Å². The summed E-state index contributed by atoms with van der Waals surface area (Å²) in [4.78, 5) is 32.1. The molecule has 11 heteroatoms. The van der Waals surface area contributed by atoms with Crippen LogP contribution in [-0.2, 0) is 16.1 Å². The lowest BCUT2D eigenvalue weighted by Gasteiger charge is -2.34. The number of nitrogens with zero attached hydrogens (tertiary/aromatic N) is 4. The summed E-state index contributed by atoms with van der Waals surface area (Å²) in [6.07, 6.45) is 2.12. The maximum absolute atomic E-state index is 14.2. The summed E-state index contributed by atoms with van der Waals surface area (Å²) < 4.78 is 42.7. The van der Waals surface area contributed by atoms with Gasteiger partial charge in [0.05, 0.1) is 0 Å². The van der Waals surface area contributed by atoms with E-state index >= 15 is 0 Å². The highest BCUT2D eigenvalue weighted by molar-refractivity contribution is 6.31. The van der Waals surface area contributed by atoms with Gasteiger partial charge in [0, 0.05) is 35.2 Å². The Morgan fingerprint density at radius 1 is 1.17 bits per heavy atom. The van der Waals surface area contributed by atoms with Gasteiger partial charge >= 0.3 is 0 Å². The fourth-order valence-corrected chi connectivity index (χ4v) is 4.39. The van der Waals surface area contributed by atoms with Gasteiger partial charge in [0.1, 0.15) is 31.1 Å². The third kappa shape index (κ3) is 6.00. The summed E-state index contributed by atoms with van der Waals surface area (Å²) in [5.74, 6) is -4.54. The van der Waals surface area contributed by atoms with Crippen molar-refractivity contribution in [3.8, 4) is 0 Å². The van der Waals surface area contributed by atoms with E-state index in [4.69, 9.17) is 11.6 Å². The van der Waals surface area contributed by atoms with Crippen molar-refractivity contribution in [2.75, 3.05) is 4.90 Å². The zero-order valence-electron chi connectivity index (χ0n) is 18.6. The van der Waals surface area contributed by atoms with E-state index in [1.165, 1.54) is 35.5 Å². The molecule has 2 aromatic carbocycles. The minimum absolute atomic E-state index is 0.0981. The first-order chi connectivity index (χ1) is 16.7. The standard InChI is InChI=1S/C24H23ClF3N5O2/c25-20-7-2-1-6-19(20)22(23(35)31-17-8-10-24(27,28)11-9-17)33(18-5-3-4-16(26)12-18)21(34)13-32-15-29-14-30-32/h1-7,12,14-15,17,22H,8-11,13H2,(H,31,35). The molecule has 1 saturated carbocycles. The number of hydrogen-bond donors (Lipinski definition) is 1. The normalized spacial score (nSPS) is 16.5. The molecular formula is C24H23ClF3N5O2. The van der Waals surface area contributed by atoms with E-state index in [9.17, 15) is 22.8 Å². The number of carbonyl (C=O) groups excluding carboxylic acids is 2. The number of anilines is 1. The Bertz CT molecular complexity index is 1180. The molecular weight excluding hydrogens is 483 g/mol. The Hall–Kier alpha value is -3.40. The molecule has 35 heavy (non-hydrogen) atoms. The molecule has 1 aromatic heterocycles. The van der Waals surface area contributed by atoms with Crippen LogP contribution in [0.3, 0.4) is 0 Å². The van der Waals surface area contributed by atoms with E-state index in [0.29, 0.717) is 5.56 Å². The number of rotatable bonds is 7. The second kappa shape index (κ2) is 10.5. The summed E-state index contributed by atoms with van der Waals surface area (Å²) in [7, 11) is 0. The lowest BCUT2D eigenvalue weighted by Crippen LogP contribution is -2.49. The smallest absolute Gasteiger partial charge is 0.249 e. The lowest BCUT2D eigenvalue weighted by molar-refractivity contribution is -0.128. The molecule has 0 aliphatic heterocycles. The molecule has 4 rings (SSSR count). The highest BCUT2D eigenvalue weighted by atomic mass is 35.5. The Balaban J connectivity index is 1.73. The van der Waals surface area contributed by atoms with Crippen LogP contribution < -0.4 is 10.2 Å². The van der Waals surface area contributed by atoms with Crippen molar-refractivity contribution in [2.24, 2.45) is 0 Å². The second-order valence-electron chi connectivity index (χ2n) is 8.40. The van der Waals surface area contributed by atoms with Crippen molar-refractivity contribution < 1.29 is 22.8 Å². The Morgan fingerprint density at radius 2 is 1.91 bits per heavy atom. The number of alkyl halides is 2. The quantitative estimate of drug-likeness (QED) is 0.511. The number of hydrogen-bond acceptors (Lipinski definition) is 4. The van der Waals surface area contributed by atoms with Gasteiger partial charge in [0.2, 0.25) is 17.7 Å². The van der Waals surface area contributed by atoms with Crippen molar-refractivity contribution in [3.05, 3.63) is 77.6 Å². The molecule has 1 unspecified atom stereocenters. The molecule has 0 spiro atoms. The zero-order chi connectivity index (χ0) is 25.0. The number of nitrogens with one attached hydrogen (secondary N) is 1. The molecule has 3 aromatic rings. The minimum Gasteiger partial charge on any atom is -0.351 e. The van der Waals surface area contributed by atoms with Crippen LogP contribution >= 0.6 is 11.6 Å². The van der Waals surface area contributed by atoms with E-state index in [-0.39, 0.29) is 42.9 Å². The van der Waals surface area contributed by atoms with Crippen LogP contribution in [0.1, 0.15) is 37.3 Å². The predicted molar refractivity (Wildman–Crippen MR) is 123 cm³/mol. The number of aromatic nitrogens is 3. The van der Waals surface area contributed by atoms with Crippen LogP contribution in [-0.4, -0.2) is 38.5 Å².